The smallest absolute Gasteiger partial charge is 0.130 e. The molecule has 1 atom stereocenters. The van der Waals surface area contributed by atoms with Crippen molar-refractivity contribution in [1.82, 2.24) is 9.88 Å². The van der Waals surface area contributed by atoms with Crippen LogP contribution in [0, 0.1) is 0 Å². The van der Waals surface area contributed by atoms with E-state index in [9.17, 15) is 0 Å². The van der Waals surface area contributed by atoms with Crippen molar-refractivity contribution in [1.29, 1.82) is 0 Å². The van der Waals surface area contributed by atoms with Crippen molar-refractivity contribution in [3.05, 3.63) is 23.9 Å². The average molecular weight is 259 g/mol. The molecule has 0 spiro atoms. The van der Waals surface area contributed by atoms with E-state index in [-0.39, 0.29) is 0 Å². The fourth-order valence-corrected chi connectivity index (χ4v) is 3.13. The van der Waals surface area contributed by atoms with Crippen molar-refractivity contribution in [3.8, 4) is 0 Å². The zero-order valence-corrected chi connectivity index (χ0v) is 11.9. The number of piperidine rings is 1. The molecule has 104 valence electrons. The van der Waals surface area contributed by atoms with Gasteiger partial charge in [-0.05, 0) is 51.3 Å². The van der Waals surface area contributed by atoms with E-state index in [1.165, 1.54) is 57.2 Å². The molecule has 1 aliphatic carbocycles. The molecule has 1 saturated heterocycles. The highest BCUT2D eigenvalue weighted by molar-refractivity contribution is 5.47. The molecule has 2 aliphatic rings. The first-order chi connectivity index (χ1) is 9.38. The van der Waals surface area contributed by atoms with Crippen molar-refractivity contribution in [2.24, 2.45) is 0 Å². The van der Waals surface area contributed by atoms with Gasteiger partial charge >= 0.3 is 0 Å². The summed E-state index contributed by atoms with van der Waals surface area (Å²) in [6.45, 7) is 4.73. The van der Waals surface area contributed by atoms with Gasteiger partial charge in [-0.1, -0.05) is 19.4 Å². The third-order valence-corrected chi connectivity index (χ3v) is 4.24. The summed E-state index contributed by atoms with van der Waals surface area (Å²) in [6, 6.07) is 5.61. The zero-order chi connectivity index (χ0) is 13.1. The highest BCUT2D eigenvalue weighted by atomic mass is 15.2. The highest BCUT2D eigenvalue weighted by Gasteiger charge is 2.28. The predicted octanol–water partition coefficient (Wildman–Crippen LogP) is 3.59. The summed E-state index contributed by atoms with van der Waals surface area (Å²) in [5, 5.41) is 3.61. The number of rotatable bonds is 5. The van der Waals surface area contributed by atoms with Gasteiger partial charge in [-0.3, -0.25) is 4.90 Å². The Bertz CT molecular complexity index is 412. The second-order valence-electron chi connectivity index (χ2n) is 5.91. The summed E-state index contributed by atoms with van der Waals surface area (Å²) in [6.07, 6.45) is 9.75. The van der Waals surface area contributed by atoms with Crippen LogP contribution >= 0.6 is 0 Å². The predicted molar refractivity (Wildman–Crippen MR) is 79.3 cm³/mol. The lowest BCUT2D eigenvalue weighted by molar-refractivity contribution is 0.149. The van der Waals surface area contributed by atoms with Crippen molar-refractivity contribution in [2.45, 2.75) is 57.5 Å². The van der Waals surface area contributed by atoms with Gasteiger partial charge in [0.05, 0.1) is 0 Å². The summed E-state index contributed by atoms with van der Waals surface area (Å²) in [7, 11) is 0. The highest BCUT2D eigenvalue weighted by Crippen LogP contribution is 2.35. The van der Waals surface area contributed by atoms with Gasteiger partial charge in [0.2, 0.25) is 0 Å². The van der Waals surface area contributed by atoms with Crippen LogP contribution in [-0.2, 0) is 0 Å². The van der Waals surface area contributed by atoms with E-state index in [2.05, 4.69) is 34.3 Å². The molecule has 3 heteroatoms. The molecule has 3 nitrogen and oxygen atoms in total. The number of likely N-dealkylation sites (tertiary alicyclic amines) is 1. The molecular weight excluding hydrogens is 234 g/mol. The maximum absolute atomic E-state index is 4.59. The molecule has 2 fully saturated rings. The number of aromatic nitrogens is 1. The van der Waals surface area contributed by atoms with Crippen LogP contribution in [0.3, 0.4) is 0 Å². The van der Waals surface area contributed by atoms with Gasteiger partial charge in [0.1, 0.15) is 5.82 Å². The topological polar surface area (TPSA) is 28.2 Å². The van der Waals surface area contributed by atoms with E-state index >= 15 is 0 Å². The molecule has 1 aromatic heterocycles. The molecule has 19 heavy (non-hydrogen) atoms. The molecule has 1 aliphatic heterocycles. The van der Waals surface area contributed by atoms with Gasteiger partial charge in [0.25, 0.3) is 0 Å². The monoisotopic (exact) mass is 259 g/mol. The van der Waals surface area contributed by atoms with Gasteiger partial charge < -0.3 is 5.32 Å². The molecule has 0 unspecified atom stereocenters. The molecule has 1 aromatic rings. The Hall–Kier alpha value is -1.09. The van der Waals surface area contributed by atoms with E-state index in [0.29, 0.717) is 12.1 Å². The number of pyridine rings is 1. The lowest BCUT2D eigenvalue weighted by atomic mass is 9.95. The van der Waals surface area contributed by atoms with E-state index < -0.39 is 0 Å². The molecule has 2 heterocycles. The van der Waals surface area contributed by atoms with Crippen LogP contribution in [-0.4, -0.2) is 29.0 Å². The average Bonchev–Trinajstić information content (AvgIpc) is 3.25. The maximum Gasteiger partial charge on any atom is 0.130 e. The van der Waals surface area contributed by atoms with Gasteiger partial charge in [-0.15, -0.1) is 0 Å². The number of nitrogens with one attached hydrogen (secondary N) is 1. The van der Waals surface area contributed by atoms with E-state index in [1.807, 2.05) is 6.20 Å². The molecule has 1 saturated carbocycles. The van der Waals surface area contributed by atoms with Crippen LogP contribution < -0.4 is 5.32 Å². The molecular formula is C16H25N3. The number of anilines is 1. The normalized spacial score (nSPS) is 24.4. The minimum atomic E-state index is 0.573. The summed E-state index contributed by atoms with van der Waals surface area (Å²) >= 11 is 0. The fourth-order valence-electron chi connectivity index (χ4n) is 3.13. The second kappa shape index (κ2) is 5.91. The summed E-state index contributed by atoms with van der Waals surface area (Å²) in [4.78, 5) is 7.24. The first-order valence-electron chi connectivity index (χ1n) is 7.84. The van der Waals surface area contributed by atoms with Gasteiger partial charge in [-0.2, -0.15) is 0 Å². The van der Waals surface area contributed by atoms with E-state index in [0.717, 1.165) is 5.82 Å². The minimum Gasteiger partial charge on any atom is -0.367 e. The van der Waals surface area contributed by atoms with Crippen molar-refractivity contribution in [2.75, 3.05) is 18.4 Å². The van der Waals surface area contributed by atoms with Crippen molar-refractivity contribution >= 4 is 5.82 Å². The van der Waals surface area contributed by atoms with Gasteiger partial charge in [0, 0.05) is 23.8 Å². The quantitative estimate of drug-likeness (QED) is 0.876. The first-order valence-corrected chi connectivity index (χ1v) is 7.84. The van der Waals surface area contributed by atoms with Crippen LogP contribution in [0.1, 0.15) is 57.1 Å². The van der Waals surface area contributed by atoms with E-state index in [1.54, 1.807) is 0 Å². The van der Waals surface area contributed by atoms with Crippen LogP contribution in [0.4, 0.5) is 5.82 Å². The zero-order valence-electron chi connectivity index (χ0n) is 11.9. The van der Waals surface area contributed by atoms with E-state index in [4.69, 9.17) is 0 Å². The molecule has 1 N–H and O–H groups in total. The molecule has 3 rings (SSSR count). The Labute approximate surface area is 116 Å². The SMILES string of the molecule is CCCN1CCCC[C@H]1c1cccnc1NC1CC1. The minimum absolute atomic E-state index is 0.573. The standard InChI is InChI=1S/C16H25N3/c1-2-11-19-12-4-3-7-15(19)14-6-5-10-17-16(14)18-13-8-9-13/h5-6,10,13,15H,2-4,7-9,11-12H2,1H3,(H,17,18)/t15-/m0/s1. The van der Waals surface area contributed by atoms with Crippen LogP contribution in [0.2, 0.25) is 0 Å². The lowest BCUT2D eigenvalue weighted by Crippen LogP contribution is -2.34. The van der Waals surface area contributed by atoms with Crippen molar-refractivity contribution < 1.29 is 0 Å². The largest absolute Gasteiger partial charge is 0.367 e. The number of hydrogen-bond acceptors (Lipinski definition) is 3. The number of nitrogens with zero attached hydrogens (tertiary/aromatic N) is 2. The molecule has 0 amide bonds. The lowest BCUT2D eigenvalue weighted by Gasteiger charge is -2.36. The Morgan fingerprint density at radius 3 is 3.00 bits per heavy atom. The molecule has 0 radical (unpaired) electrons. The second-order valence-corrected chi connectivity index (χ2v) is 5.91. The summed E-state index contributed by atoms with van der Waals surface area (Å²) in [5.74, 6) is 1.14. The Morgan fingerprint density at radius 1 is 1.32 bits per heavy atom. The Balaban J connectivity index is 1.81. The summed E-state index contributed by atoms with van der Waals surface area (Å²) in [5.41, 5.74) is 1.42. The third-order valence-electron chi connectivity index (χ3n) is 4.24. The Morgan fingerprint density at radius 2 is 2.21 bits per heavy atom. The van der Waals surface area contributed by atoms with Crippen LogP contribution in [0.15, 0.2) is 18.3 Å². The van der Waals surface area contributed by atoms with Crippen molar-refractivity contribution in [3.63, 3.8) is 0 Å². The first kappa shape index (κ1) is 12.9. The van der Waals surface area contributed by atoms with Gasteiger partial charge in [0.15, 0.2) is 0 Å². The molecule has 0 aromatic carbocycles. The van der Waals surface area contributed by atoms with Crippen LogP contribution in [0.5, 0.6) is 0 Å². The maximum atomic E-state index is 4.59. The Kier molecular flexibility index (Phi) is 4.02. The van der Waals surface area contributed by atoms with Gasteiger partial charge in [-0.25, -0.2) is 4.98 Å². The third kappa shape index (κ3) is 3.08. The fraction of sp³-hybridized carbons (Fsp3) is 0.688. The molecule has 0 bridgehead atoms. The summed E-state index contributed by atoms with van der Waals surface area (Å²) < 4.78 is 0. The number of hydrogen-bond donors (Lipinski definition) is 1. The van der Waals surface area contributed by atoms with Crippen LogP contribution in [0.25, 0.3) is 0 Å².